The normalized spacial score (nSPS) is 11.4. The summed E-state index contributed by atoms with van der Waals surface area (Å²) in [6.45, 7) is 1.86. The number of nitrogens with one attached hydrogen (secondary N) is 1. The summed E-state index contributed by atoms with van der Waals surface area (Å²) < 4.78 is 2.00. The van der Waals surface area contributed by atoms with Gasteiger partial charge in [-0.25, -0.2) is 9.36 Å². The van der Waals surface area contributed by atoms with E-state index in [4.69, 9.17) is 0 Å². The van der Waals surface area contributed by atoms with Gasteiger partial charge in [0.05, 0.1) is 21.1 Å². The lowest BCUT2D eigenvalue weighted by Crippen LogP contribution is -2.33. The Kier molecular flexibility index (Phi) is 3.21. The Bertz CT molecular complexity index is 1180. The molecule has 3 aromatic heterocycles. The monoisotopic (exact) mass is 387 g/mol. The van der Waals surface area contributed by atoms with E-state index in [-0.39, 0.29) is 5.56 Å². The van der Waals surface area contributed by atoms with Crippen LogP contribution in [0.25, 0.3) is 26.7 Å². The van der Waals surface area contributed by atoms with Crippen molar-refractivity contribution in [1.29, 1.82) is 0 Å². The minimum absolute atomic E-state index is 0.332. The molecule has 4 aromatic rings. The molecule has 114 valence electrons. The van der Waals surface area contributed by atoms with Gasteiger partial charge in [0.2, 0.25) is 0 Å². The first-order valence-corrected chi connectivity index (χ1v) is 8.46. The average molecular weight is 388 g/mol. The largest absolute Gasteiger partial charge is 0.334 e. The molecular weight excluding hydrogens is 378 g/mol. The quantitative estimate of drug-likeness (QED) is 0.544. The molecule has 23 heavy (non-hydrogen) atoms. The van der Waals surface area contributed by atoms with Crippen LogP contribution in [-0.2, 0) is 0 Å². The van der Waals surface area contributed by atoms with E-state index < -0.39 is 5.69 Å². The Labute approximate surface area is 142 Å². The second kappa shape index (κ2) is 5.14. The first-order chi connectivity index (χ1) is 11.1. The third kappa shape index (κ3) is 2.08. The number of thiophene rings is 1. The van der Waals surface area contributed by atoms with E-state index in [1.54, 1.807) is 12.4 Å². The Morgan fingerprint density at radius 2 is 2.00 bits per heavy atom. The van der Waals surface area contributed by atoms with Crippen LogP contribution < -0.4 is 11.2 Å². The molecule has 0 radical (unpaired) electrons. The van der Waals surface area contributed by atoms with Gasteiger partial charge in [-0.2, -0.15) is 0 Å². The number of nitrogens with zero attached hydrogens (tertiary/aromatic N) is 2. The maximum Gasteiger partial charge on any atom is 0.334 e. The van der Waals surface area contributed by atoms with Crippen LogP contribution in [0.4, 0.5) is 0 Å². The van der Waals surface area contributed by atoms with E-state index in [9.17, 15) is 9.59 Å². The number of hydrogen-bond acceptors (Lipinski definition) is 4. The standard InChI is InChI=1S/C16H10BrN3O2S/c1-8-12-14(23-13(8)17)19-16(22)20(15(12)21)11-7-18-6-9-4-2-3-5-10(9)11/h2-7H,1H3,(H,19,22). The molecule has 7 heteroatoms. The Balaban J connectivity index is 2.19. The van der Waals surface area contributed by atoms with Crippen molar-refractivity contribution in [3.63, 3.8) is 0 Å². The predicted octanol–water partition coefficient (Wildman–Crippen LogP) is 3.36. The Morgan fingerprint density at radius 1 is 1.22 bits per heavy atom. The molecule has 0 bridgehead atoms. The summed E-state index contributed by atoms with van der Waals surface area (Å²) in [6, 6.07) is 7.54. The molecule has 0 fully saturated rings. The van der Waals surface area contributed by atoms with Crippen LogP contribution in [-0.4, -0.2) is 14.5 Å². The molecule has 0 saturated carbocycles. The van der Waals surface area contributed by atoms with Gasteiger partial charge in [-0.15, -0.1) is 11.3 Å². The third-order valence-corrected chi connectivity index (χ3v) is 5.89. The lowest BCUT2D eigenvalue weighted by atomic mass is 10.1. The van der Waals surface area contributed by atoms with Crippen LogP contribution in [0.2, 0.25) is 0 Å². The molecule has 0 spiro atoms. The fraction of sp³-hybridized carbons (Fsp3) is 0.0625. The van der Waals surface area contributed by atoms with Gasteiger partial charge >= 0.3 is 5.69 Å². The highest BCUT2D eigenvalue weighted by molar-refractivity contribution is 9.11. The summed E-state index contributed by atoms with van der Waals surface area (Å²) in [5.41, 5.74) is 0.516. The van der Waals surface area contributed by atoms with Crippen molar-refractivity contribution in [2.45, 2.75) is 6.92 Å². The van der Waals surface area contributed by atoms with Gasteiger partial charge in [-0.3, -0.25) is 14.8 Å². The second-order valence-corrected chi connectivity index (χ2v) is 7.49. The minimum Gasteiger partial charge on any atom is -0.298 e. The number of aryl methyl sites for hydroxylation is 1. The number of aromatic amines is 1. The summed E-state index contributed by atoms with van der Waals surface area (Å²) in [5, 5.41) is 2.20. The van der Waals surface area contributed by atoms with Gasteiger partial charge in [0.15, 0.2) is 0 Å². The molecule has 0 amide bonds. The number of fused-ring (bicyclic) bond motifs is 2. The van der Waals surface area contributed by atoms with Gasteiger partial charge in [0, 0.05) is 17.0 Å². The molecule has 1 aromatic carbocycles. The number of pyridine rings is 1. The highest BCUT2D eigenvalue weighted by Crippen LogP contribution is 2.31. The molecule has 5 nitrogen and oxygen atoms in total. The van der Waals surface area contributed by atoms with Crippen molar-refractivity contribution in [3.05, 3.63) is 66.8 Å². The number of aromatic nitrogens is 3. The summed E-state index contributed by atoms with van der Waals surface area (Å²) in [5.74, 6) is 0. The van der Waals surface area contributed by atoms with Crippen LogP contribution >= 0.6 is 27.3 Å². The molecule has 1 N–H and O–H groups in total. The number of H-pyrrole nitrogens is 1. The van der Waals surface area contributed by atoms with Crippen molar-refractivity contribution in [1.82, 2.24) is 14.5 Å². The van der Waals surface area contributed by atoms with Gasteiger partial charge < -0.3 is 0 Å². The number of benzene rings is 1. The number of hydrogen-bond donors (Lipinski definition) is 1. The Morgan fingerprint density at radius 3 is 2.83 bits per heavy atom. The molecule has 4 rings (SSSR count). The molecule has 0 aliphatic carbocycles. The number of halogens is 1. The topological polar surface area (TPSA) is 67.8 Å². The molecular formula is C16H10BrN3O2S. The van der Waals surface area contributed by atoms with E-state index in [0.29, 0.717) is 15.9 Å². The van der Waals surface area contributed by atoms with E-state index in [0.717, 1.165) is 24.7 Å². The zero-order valence-corrected chi connectivity index (χ0v) is 14.4. The van der Waals surface area contributed by atoms with Crippen LogP contribution in [0.5, 0.6) is 0 Å². The average Bonchev–Trinajstić information content (AvgIpc) is 2.82. The highest BCUT2D eigenvalue weighted by atomic mass is 79.9. The Hall–Kier alpha value is -2.25. The van der Waals surface area contributed by atoms with Crippen LogP contribution in [0, 0.1) is 6.92 Å². The third-order valence-electron chi connectivity index (χ3n) is 3.82. The maximum absolute atomic E-state index is 12.9. The van der Waals surface area contributed by atoms with Gasteiger partial charge in [0.1, 0.15) is 4.83 Å². The molecule has 0 saturated heterocycles. The SMILES string of the molecule is Cc1c(Br)sc2[nH]c(=O)n(-c3cncc4ccccc34)c(=O)c12. The van der Waals surface area contributed by atoms with Crippen molar-refractivity contribution < 1.29 is 0 Å². The first-order valence-electron chi connectivity index (χ1n) is 6.85. The smallest absolute Gasteiger partial charge is 0.298 e. The predicted molar refractivity (Wildman–Crippen MR) is 95.8 cm³/mol. The van der Waals surface area contributed by atoms with Crippen molar-refractivity contribution in [2.24, 2.45) is 0 Å². The maximum atomic E-state index is 12.9. The summed E-state index contributed by atoms with van der Waals surface area (Å²) in [4.78, 5) is 32.9. The van der Waals surface area contributed by atoms with E-state index in [2.05, 4.69) is 25.9 Å². The molecule has 3 heterocycles. The van der Waals surface area contributed by atoms with Gasteiger partial charge in [-0.05, 0) is 28.4 Å². The van der Waals surface area contributed by atoms with Crippen molar-refractivity contribution >= 4 is 48.3 Å². The van der Waals surface area contributed by atoms with Gasteiger partial charge in [-0.1, -0.05) is 24.3 Å². The number of rotatable bonds is 1. The lowest BCUT2D eigenvalue weighted by molar-refractivity contribution is 0.904. The highest BCUT2D eigenvalue weighted by Gasteiger charge is 2.17. The van der Waals surface area contributed by atoms with E-state index >= 15 is 0 Å². The fourth-order valence-corrected chi connectivity index (χ4v) is 4.28. The molecule has 0 unspecified atom stereocenters. The van der Waals surface area contributed by atoms with Crippen molar-refractivity contribution in [3.8, 4) is 5.69 Å². The molecule has 0 atom stereocenters. The summed E-state index contributed by atoms with van der Waals surface area (Å²) in [7, 11) is 0. The summed E-state index contributed by atoms with van der Waals surface area (Å²) in [6.07, 6.45) is 3.25. The van der Waals surface area contributed by atoms with Crippen LogP contribution in [0.15, 0.2) is 50.0 Å². The van der Waals surface area contributed by atoms with E-state index in [1.807, 2.05) is 31.2 Å². The fourth-order valence-electron chi connectivity index (χ4n) is 2.69. The zero-order chi connectivity index (χ0) is 16.1. The van der Waals surface area contributed by atoms with Crippen molar-refractivity contribution in [2.75, 3.05) is 0 Å². The zero-order valence-electron chi connectivity index (χ0n) is 12.0. The molecule has 0 aliphatic rings. The minimum atomic E-state index is -0.464. The second-order valence-electron chi connectivity index (χ2n) is 5.16. The van der Waals surface area contributed by atoms with Crippen LogP contribution in [0.3, 0.4) is 0 Å². The summed E-state index contributed by atoms with van der Waals surface area (Å²) >= 11 is 4.77. The molecule has 0 aliphatic heterocycles. The van der Waals surface area contributed by atoms with E-state index in [1.165, 1.54) is 11.3 Å². The lowest BCUT2D eigenvalue weighted by Gasteiger charge is -2.08. The first kappa shape index (κ1) is 14.3. The van der Waals surface area contributed by atoms with Crippen LogP contribution in [0.1, 0.15) is 5.56 Å². The van der Waals surface area contributed by atoms with Gasteiger partial charge in [0.25, 0.3) is 5.56 Å².